The van der Waals surface area contributed by atoms with Gasteiger partial charge in [0.05, 0.1) is 18.8 Å². The van der Waals surface area contributed by atoms with Crippen LogP contribution in [0.3, 0.4) is 0 Å². The quantitative estimate of drug-likeness (QED) is 0.307. The molecule has 0 spiro atoms. The lowest BCUT2D eigenvalue weighted by Crippen LogP contribution is -2.16. The zero-order valence-electron chi connectivity index (χ0n) is 17.5. The van der Waals surface area contributed by atoms with E-state index < -0.39 is 0 Å². The molecular weight excluding hydrogens is 422 g/mol. The Morgan fingerprint density at radius 2 is 2.00 bits per heavy atom. The first-order chi connectivity index (χ1) is 14.5. The van der Waals surface area contributed by atoms with Gasteiger partial charge in [0.15, 0.2) is 0 Å². The predicted molar refractivity (Wildman–Crippen MR) is 121 cm³/mol. The summed E-state index contributed by atoms with van der Waals surface area (Å²) in [5.74, 6) is 0.313. The number of thiophene rings is 1. The van der Waals surface area contributed by atoms with Crippen LogP contribution < -0.4 is 10.1 Å². The fourth-order valence-corrected chi connectivity index (χ4v) is 5.15. The Morgan fingerprint density at radius 1 is 1.20 bits per heavy atom. The maximum Gasteiger partial charge on any atom is 0.341 e. The summed E-state index contributed by atoms with van der Waals surface area (Å²) >= 11 is 7.48. The number of aryl methyl sites for hydroxylation is 2. The number of anilines is 1. The molecule has 1 aromatic carbocycles. The highest BCUT2D eigenvalue weighted by Gasteiger charge is 2.26. The van der Waals surface area contributed by atoms with Crippen LogP contribution in [0.4, 0.5) is 5.00 Å². The number of hydrogen-bond acceptors (Lipinski definition) is 5. The van der Waals surface area contributed by atoms with Crippen LogP contribution in [-0.2, 0) is 22.4 Å². The van der Waals surface area contributed by atoms with Crippen molar-refractivity contribution in [1.29, 1.82) is 0 Å². The maximum absolute atomic E-state index is 12.6. The van der Waals surface area contributed by atoms with Crippen molar-refractivity contribution in [1.82, 2.24) is 0 Å². The number of halogens is 1. The van der Waals surface area contributed by atoms with Crippen LogP contribution in [0.2, 0.25) is 5.02 Å². The number of carbonyl (C=O) groups is 2. The topological polar surface area (TPSA) is 64.6 Å². The highest BCUT2D eigenvalue weighted by atomic mass is 35.5. The molecule has 0 unspecified atom stereocenters. The van der Waals surface area contributed by atoms with E-state index in [2.05, 4.69) is 5.32 Å². The number of amides is 1. The second-order valence-electron chi connectivity index (χ2n) is 7.40. The molecule has 1 amide bonds. The fourth-order valence-electron chi connectivity index (χ4n) is 3.63. The standard InChI is InChI=1S/C23H28ClNO4S/c1-3-28-23(27)21-17-8-5-4-6-9-19(17)30-22(21)25-20(26)10-7-13-29-18-12-11-16(24)14-15(18)2/h11-12,14H,3-10,13H2,1-2H3,(H,25,26). The first kappa shape index (κ1) is 22.6. The normalized spacial score (nSPS) is 13.3. The van der Waals surface area contributed by atoms with E-state index in [0.717, 1.165) is 42.6 Å². The van der Waals surface area contributed by atoms with Crippen LogP contribution in [0.15, 0.2) is 18.2 Å². The zero-order chi connectivity index (χ0) is 21.5. The second-order valence-corrected chi connectivity index (χ2v) is 8.94. The molecule has 1 aromatic heterocycles. The molecule has 0 radical (unpaired) electrons. The van der Waals surface area contributed by atoms with Crippen molar-refractivity contribution in [2.75, 3.05) is 18.5 Å². The summed E-state index contributed by atoms with van der Waals surface area (Å²) in [6.07, 6.45) is 6.06. The van der Waals surface area contributed by atoms with Gasteiger partial charge < -0.3 is 14.8 Å². The molecule has 0 fully saturated rings. The molecule has 1 aliphatic carbocycles. The minimum Gasteiger partial charge on any atom is -0.493 e. The average molecular weight is 450 g/mol. The Bertz CT molecular complexity index is 909. The Kier molecular flexibility index (Phi) is 8.16. The largest absolute Gasteiger partial charge is 0.493 e. The maximum atomic E-state index is 12.6. The molecule has 7 heteroatoms. The van der Waals surface area contributed by atoms with E-state index in [9.17, 15) is 9.59 Å². The van der Waals surface area contributed by atoms with Crippen molar-refractivity contribution in [2.24, 2.45) is 0 Å². The van der Waals surface area contributed by atoms with Gasteiger partial charge in [-0.3, -0.25) is 4.79 Å². The Balaban J connectivity index is 1.59. The van der Waals surface area contributed by atoms with Crippen LogP contribution >= 0.6 is 22.9 Å². The van der Waals surface area contributed by atoms with Crippen molar-refractivity contribution in [3.8, 4) is 5.75 Å². The SMILES string of the molecule is CCOC(=O)c1c(NC(=O)CCCOc2ccc(Cl)cc2C)sc2c1CCCCC2. The van der Waals surface area contributed by atoms with Crippen molar-refractivity contribution in [3.63, 3.8) is 0 Å². The molecule has 0 saturated heterocycles. The number of carbonyl (C=O) groups excluding carboxylic acids is 2. The summed E-state index contributed by atoms with van der Waals surface area (Å²) in [6, 6.07) is 5.47. The molecule has 0 atom stereocenters. The lowest BCUT2D eigenvalue weighted by atomic mass is 10.1. The minimum atomic E-state index is -0.339. The van der Waals surface area contributed by atoms with E-state index in [1.165, 1.54) is 22.6 Å². The zero-order valence-corrected chi connectivity index (χ0v) is 19.1. The number of esters is 1. The smallest absolute Gasteiger partial charge is 0.341 e. The summed E-state index contributed by atoms with van der Waals surface area (Å²) in [6.45, 7) is 4.48. The summed E-state index contributed by atoms with van der Waals surface area (Å²) in [5, 5.41) is 4.25. The lowest BCUT2D eigenvalue weighted by molar-refractivity contribution is -0.116. The van der Waals surface area contributed by atoms with Gasteiger partial charge in [-0.2, -0.15) is 0 Å². The van der Waals surface area contributed by atoms with Gasteiger partial charge in [0.2, 0.25) is 5.91 Å². The lowest BCUT2D eigenvalue weighted by Gasteiger charge is -2.10. The highest BCUT2D eigenvalue weighted by molar-refractivity contribution is 7.17. The number of fused-ring (bicyclic) bond motifs is 1. The number of benzene rings is 1. The van der Waals surface area contributed by atoms with E-state index in [1.807, 2.05) is 19.1 Å². The van der Waals surface area contributed by atoms with Gasteiger partial charge in [-0.1, -0.05) is 18.0 Å². The van der Waals surface area contributed by atoms with Gasteiger partial charge >= 0.3 is 5.97 Å². The van der Waals surface area contributed by atoms with Crippen molar-refractivity contribution in [2.45, 2.75) is 58.8 Å². The van der Waals surface area contributed by atoms with E-state index in [4.69, 9.17) is 21.1 Å². The molecule has 1 aliphatic rings. The Hall–Kier alpha value is -2.05. The summed E-state index contributed by atoms with van der Waals surface area (Å²) in [5.41, 5.74) is 2.58. The Labute approximate surface area is 186 Å². The first-order valence-corrected chi connectivity index (χ1v) is 11.7. The molecule has 3 rings (SSSR count). The van der Waals surface area contributed by atoms with Crippen LogP contribution in [0.5, 0.6) is 5.75 Å². The average Bonchev–Trinajstić information content (AvgIpc) is 2.87. The Morgan fingerprint density at radius 3 is 2.77 bits per heavy atom. The molecule has 0 saturated carbocycles. The molecular formula is C23H28ClNO4S. The van der Waals surface area contributed by atoms with Crippen LogP contribution in [0, 0.1) is 6.92 Å². The molecule has 162 valence electrons. The second kappa shape index (κ2) is 10.8. The van der Waals surface area contributed by atoms with Crippen molar-refractivity contribution < 1.29 is 19.1 Å². The first-order valence-electron chi connectivity index (χ1n) is 10.5. The van der Waals surface area contributed by atoms with Gasteiger partial charge in [-0.05, 0) is 75.3 Å². The molecule has 1 N–H and O–H groups in total. The van der Waals surface area contributed by atoms with Gasteiger partial charge in [0, 0.05) is 16.3 Å². The van der Waals surface area contributed by atoms with Gasteiger partial charge in [-0.25, -0.2) is 4.79 Å². The number of hydrogen-bond donors (Lipinski definition) is 1. The van der Waals surface area contributed by atoms with Gasteiger partial charge in [-0.15, -0.1) is 11.3 Å². The minimum absolute atomic E-state index is 0.117. The molecule has 0 bridgehead atoms. The predicted octanol–water partition coefficient (Wildman–Crippen LogP) is 5.95. The summed E-state index contributed by atoms with van der Waals surface area (Å²) in [4.78, 5) is 26.3. The van der Waals surface area contributed by atoms with Crippen LogP contribution in [-0.4, -0.2) is 25.1 Å². The third kappa shape index (κ3) is 5.76. The van der Waals surface area contributed by atoms with E-state index in [1.54, 1.807) is 13.0 Å². The molecule has 1 heterocycles. The molecule has 5 nitrogen and oxygen atoms in total. The highest BCUT2D eigenvalue weighted by Crippen LogP contribution is 2.38. The summed E-state index contributed by atoms with van der Waals surface area (Å²) < 4.78 is 11.0. The van der Waals surface area contributed by atoms with E-state index >= 15 is 0 Å². The van der Waals surface area contributed by atoms with Crippen molar-refractivity contribution >= 4 is 39.8 Å². The van der Waals surface area contributed by atoms with Gasteiger partial charge in [0.25, 0.3) is 0 Å². The number of ether oxygens (including phenoxy) is 2. The van der Waals surface area contributed by atoms with Gasteiger partial charge in [0.1, 0.15) is 10.8 Å². The third-order valence-electron chi connectivity index (χ3n) is 5.10. The molecule has 0 aliphatic heterocycles. The number of nitrogens with one attached hydrogen (secondary N) is 1. The van der Waals surface area contributed by atoms with Crippen LogP contribution in [0.1, 0.15) is 65.4 Å². The number of rotatable bonds is 8. The van der Waals surface area contributed by atoms with E-state index in [0.29, 0.717) is 41.6 Å². The monoisotopic (exact) mass is 449 g/mol. The third-order valence-corrected chi connectivity index (χ3v) is 6.54. The van der Waals surface area contributed by atoms with Crippen LogP contribution in [0.25, 0.3) is 0 Å². The van der Waals surface area contributed by atoms with E-state index in [-0.39, 0.29) is 11.9 Å². The molecule has 2 aromatic rings. The van der Waals surface area contributed by atoms with Crippen molar-refractivity contribution in [3.05, 3.63) is 44.8 Å². The fraction of sp³-hybridized carbons (Fsp3) is 0.478. The molecule has 30 heavy (non-hydrogen) atoms. The summed E-state index contributed by atoms with van der Waals surface area (Å²) in [7, 11) is 0.